The van der Waals surface area contributed by atoms with E-state index in [-0.39, 0.29) is 4.90 Å². The van der Waals surface area contributed by atoms with E-state index in [0.29, 0.717) is 24.2 Å². The van der Waals surface area contributed by atoms with Crippen LogP contribution in [0.3, 0.4) is 0 Å². The number of aromatic nitrogens is 1. The Balaban J connectivity index is 2.13. The minimum Gasteiger partial charge on any atom is -0.308 e. The molecule has 1 fully saturated rings. The highest BCUT2D eigenvalue weighted by Gasteiger charge is 2.36. The first-order valence-electron chi connectivity index (χ1n) is 5.84. The maximum Gasteiger partial charge on any atom is 0.244 e. The van der Waals surface area contributed by atoms with Gasteiger partial charge in [0.25, 0.3) is 0 Å². The van der Waals surface area contributed by atoms with Crippen molar-refractivity contribution in [3.8, 4) is 0 Å². The van der Waals surface area contributed by atoms with E-state index >= 15 is 0 Å². The van der Waals surface area contributed by atoms with Gasteiger partial charge in [0.2, 0.25) is 10.0 Å². The Morgan fingerprint density at radius 1 is 1.56 bits per heavy atom. The number of hydrogen-bond donors (Lipinski definition) is 2. The number of nitrogens with one attached hydrogen (secondary N) is 1. The van der Waals surface area contributed by atoms with Crippen molar-refractivity contribution in [2.75, 3.05) is 19.0 Å². The predicted molar refractivity (Wildman–Crippen MR) is 69.1 cm³/mol. The first kappa shape index (κ1) is 13.3. The molecule has 0 amide bonds. The van der Waals surface area contributed by atoms with E-state index in [0.717, 1.165) is 6.42 Å². The molecule has 1 aromatic rings. The second-order valence-corrected chi connectivity index (χ2v) is 6.83. The van der Waals surface area contributed by atoms with E-state index < -0.39 is 10.0 Å². The maximum atomic E-state index is 12.2. The van der Waals surface area contributed by atoms with Gasteiger partial charge >= 0.3 is 0 Å². The van der Waals surface area contributed by atoms with Crippen molar-refractivity contribution in [3.05, 3.63) is 18.3 Å². The molecule has 1 aromatic heterocycles. The molecule has 18 heavy (non-hydrogen) atoms. The molecular formula is C11H18N4O2S. The average molecular weight is 270 g/mol. The molecule has 1 heterocycles. The van der Waals surface area contributed by atoms with Crippen molar-refractivity contribution in [1.82, 2.24) is 9.29 Å². The zero-order valence-corrected chi connectivity index (χ0v) is 11.3. The highest BCUT2D eigenvalue weighted by atomic mass is 32.2. The number of rotatable bonds is 5. The summed E-state index contributed by atoms with van der Waals surface area (Å²) < 4.78 is 25.9. The SMILES string of the molecule is CC1CC1CN(C)S(=O)(=O)c1ccc(NN)nc1. The molecule has 1 aliphatic carbocycles. The Kier molecular flexibility index (Phi) is 3.56. The van der Waals surface area contributed by atoms with E-state index in [1.54, 1.807) is 13.1 Å². The molecule has 0 spiro atoms. The van der Waals surface area contributed by atoms with Crippen LogP contribution in [0.5, 0.6) is 0 Å². The second kappa shape index (κ2) is 4.83. The summed E-state index contributed by atoms with van der Waals surface area (Å²) in [5, 5.41) is 0. The number of anilines is 1. The number of hydrogen-bond acceptors (Lipinski definition) is 5. The van der Waals surface area contributed by atoms with Gasteiger partial charge in [-0.2, -0.15) is 0 Å². The third-order valence-electron chi connectivity index (χ3n) is 3.36. The van der Waals surface area contributed by atoms with Crippen LogP contribution >= 0.6 is 0 Å². The zero-order chi connectivity index (χ0) is 13.3. The predicted octanol–water partition coefficient (Wildman–Crippen LogP) is 0.644. The lowest BCUT2D eigenvalue weighted by atomic mass is 10.3. The molecule has 1 aliphatic rings. The van der Waals surface area contributed by atoms with Crippen LogP contribution in [0.15, 0.2) is 23.2 Å². The van der Waals surface area contributed by atoms with Crippen molar-refractivity contribution in [2.45, 2.75) is 18.2 Å². The topological polar surface area (TPSA) is 88.3 Å². The van der Waals surface area contributed by atoms with Gasteiger partial charge in [-0.1, -0.05) is 6.92 Å². The Hall–Kier alpha value is -1.18. The maximum absolute atomic E-state index is 12.2. The Labute approximate surface area is 107 Å². The van der Waals surface area contributed by atoms with Gasteiger partial charge in [0.1, 0.15) is 10.7 Å². The minimum atomic E-state index is -3.44. The van der Waals surface area contributed by atoms with Gasteiger partial charge in [0, 0.05) is 19.8 Å². The molecule has 0 aliphatic heterocycles. The van der Waals surface area contributed by atoms with Crippen LogP contribution in [-0.2, 0) is 10.0 Å². The fourth-order valence-electron chi connectivity index (χ4n) is 1.88. The summed E-state index contributed by atoms with van der Waals surface area (Å²) in [5.74, 6) is 6.74. The van der Waals surface area contributed by atoms with Crippen LogP contribution in [-0.4, -0.2) is 31.3 Å². The first-order valence-corrected chi connectivity index (χ1v) is 7.28. The molecule has 100 valence electrons. The van der Waals surface area contributed by atoms with Crippen molar-refractivity contribution in [1.29, 1.82) is 0 Å². The molecule has 3 N–H and O–H groups in total. The highest BCUT2D eigenvalue weighted by Crippen LogP contribution is 2.38. The smallest absolute Gasteiger partial charge is 0.244 e. The quantitative estimate of drug-likeness (QED) is 0.605. The van der Waals surface area contributed by atoms with Crippen LogP contribution in [0, 0.1) is 11.8 Å². The van der Waals surface area contributed by atoms with Crippen molar-refractivity contribution in [2.24, 2.45) is 17.7 Å². The molecule has 0 radical (unpaired) electrons. The van der Waals surface area contributed by atoms with E-state index in [4.69, 9.17) is 5.84 Å². The molecule has 2 rings (SSSR count). The fraction of sp³-hybridized carbons (Fsp3) is 0.545. The Morgan fingerprint density at radius 2 is 2.22 bits per heavy atom. The van der Waals surface area contributed by atoms with Gasteiger partial charge in [0.05, 0.1) is 0 Å². The van der Waals surface area contributed by atoms with Gasteiger partial charge in [-0.05, 0) is 30.4 Å². The number of nitrogens with two attached hydrogens (primary N) is 1. The van der Waals surface area contributed by atoms with E-state index in [1.165, 1.54) is 16.6 Å². The highest BCUT2D eigenvalue weighted by molar-refractivity contribution is 7.89. The van der Waals surface area contributed by atoms with Crippen molar-refractivity contribution in [3.63, 3.8) is 0 Å². The zero-order valence-electron chi connectivity index (χ0n) is 10.5. The number of nitrogens with zero attached hydrogens (tertiary/aromatic N) is 2. The molecule has 2 unspecified atom stereocenters. The number of hydrazine groups is 1. The fourth-order valence-corrected chi connectivity index (χ4v) is 3.05. The average Bonchev–Trinajstić information content (AvgIpc) is 3.05. The molecule has 0 saturated heterocycles. The number of sulfonamides is 1. The number of pyridine rings is 1. The van der Waals surface area contributed by atoms with Crippen LogP contribution < -0.4 is 11.3 Å². The van der Waals surface area contributed by atoms with Crippen LogP contribution in [0.25, 0.3) is 0 Å². The van der Waals surface area contributed by atoms with Crippen molar-refractivity contribution < 1.29 is 8.42 Å². The van der Waals surface area contributed by atoms with Crippen LogP contribution in [0.1, 0.15) is 13.3 Å². The van der Waals surface area contributed by atoms with Crippen molar-refractivity contribution >= 4 is 15.8 Å². The number of nitrogen functional groups attached to an aromatic ring is 1. The first-order chi connectivity index (χ1) is 8.45. The summed E-state index contributed by atoms with van der Waals surface area (Å²) in [4.78, 5) is 4.11. The van der Waals surface area contributed by atoms with Gasteiger partial charge in [-0.3, -0.25) is 0 Å². The summed E-state index contributed by atoms with van der Waals surface area (Å²) in [6.45, 7) is 2.70. The lowest BCUT2D eigenvalue weighted by Gasteiger charge is -2.16. The third-order valence-corrected chi connectivity index (χ3v) is 5.17. The van der Waals surface area contributed by atoms with Crippen LogP contribution in [0.4, 0.5) is 5.82 Å². The van der Waals surface area contributed by atoms with E-state index in [2.05, 4.69) is 17.3 Å². The molecule has 0 bridgehead atoms. The van der Waals surface area contributed by atoms with Gasteiger partial charge in [-0.15, -0.1) is 0 Å². The lowest BCUT2D eigenvalue weighted by Crippen LogP contribution is -2.29. The summed E-state index contributed by atoms with van der Waals surface area (Å²) >= 11 is 0. The van der Waals surface area contributed by atoms with Crippen LogP contribution in [0.2, 0.25) is 0 Å². The molecule has 1 saturated carbocycles. The Morgan fingerprint density at radius 3 is 2.67 bits per heavy atom. The summed E-state index contributed by atoms with van der Waals surface area (Å²) in [7, 11) is -1.83. The standard InChI is InChI=1S/C11H18N4O2S/c1-8-5-9(8)7-15(2)18(16,17)10-3-4-11(14-12)13-6-10/h3-4,6,8-9H,5,7,12H2,1-2H3,(H,13,14). The largest absolute Gasteiger partial charge is 0.308 e. The third kappa shape index (κ3) is 2.63. The molecular weight excluding hydrogens is 252 g/mol. The minimum absolute atomic E-state index is 0.192. The van der Waals surface area contributed by atoms with Gasteiger partial charge in [0.15, 0.2) is 0 Å². The summed E-state index contributed by atoms with van der Waals surface area (Å²) in [6, 6.07) is 3.05. The van der Waals surface area contributed by atoms with Gasteiger partial charge in [-0.25, -0.2) is 23.5 Å². The molecule has 2 atom stereocenters. The van der Waals surface area contributed by atoms with Gasteiger partial charge < -0.3 is 5.43 Å². The molecule has 7 heteroatoms. The monoisotopic (exact) mass is 270 g/mol. The molecule has 6 nitrogen and oxygen atoms in total. The van der Waals surface area contributed by atoms with E-state index in [9.17, 15) is 8.42 Å². The van der Waals surface area contributed by atoms with E-state index in [1.807, 2.05) is 0 Å². The molecule has 0 aromatic carbocycles. The lowest BCUT2D eigenvalue weighted by molar-refractivity contribution is 0.444. The summed E-state index contributed by atoms with van der Waals surface area (Å²) in [6.07, 6.45) is 2.42. The Bertz CT molecular complexity index is 514. The summed E-state index contributed by atoms with van der Waals surface area (Å²) in [5.41, 5.74) is 2.36. The second-order valence-electron chi connectivity index (χ2n) is 4.78. The normalized spacial score (nSPS) is 23.1.